The van der Waals surface area contributed by atoms with E-state index < -0.39 is 23.4 Å². The first-order valence-corrected chi connectivity index (χ1v) is 17.3. The zero-order valence-corrected chi connectivity index (χ0v) is 30.3. The maximum atomic E-state index is 16.2. The van der Waals surface area contributed by atoms with Gasteiger partial charge in [0.25, 0.3) is 5.91 Å². The van der Waals surface area contributed by atoms with E-state index >= 15 is 4.39 Å². The highest BCUT2D eigenvalue weighted by molar-refractivity contribution is 6.36. The summed E-state index contributed by atoms with van der Waals surface area (Å²) < 4.78 is 27.3. The standard InChI is InChI=1S/C39H38Cl2FN4O5/c1-21-31(50-5)17-28(26-8-6-7-9-29(26)40)33(35(21)42)27-14-15-43-36(34(27)41)22-10-12-25-23(16-22)19-46(37(25)48)20-30(38(49)51-39(2,3)4)44-18-24-11-13-32(47)45-24/h6-10,12,14-17,24,30,44H,1,11,13,18-20H2,2-5H3,(H,45,47)/t24-,30?/m0/s1. The summed E-state index contributed by atoms with van der Waals surface area (Å²) in [6, 6.07) is 14.8. The van der Waals surface area contributed by atoms with E-state index in [1.807, 2.05) is 12.1 Å². The number of benzene rings is 3. The molecule has 3 heterocycles. The zero-order chi connectivity index (χ0) is 36.6. The predicted molar refractivity (Wildman–Crippen MR) is 195 cm³/mol. The lowest BCUT2D eigenvalue weighted by Gasteiger charge is -2.28. The average molecular weight is 733 g/mol. The lowest BCUT2D eigenvalue weighted by atomic mass is 9.91. The molecule has 2 aliphatic heterocycles. The molecule has 1 unspecified atom stereocenters. The summed E-state index contributed by atoms with van der Waals surface area (Å²) in [4.78, 5) is 44.7. The number of halogens is 3. The molecule has 1 fully saturated rings. The molecule has 9 nitrogen and oxygen atoms in total. The van der Waals surface area contributed by atoms with Crippen molar-refractivity contribution in [2.24, 2.45) is 0 Å². The van der Waals surface area contributed by atoms with Crippen molar-refractivity contribution in [3.8, 4) is 39.3 Å². The number of amides is 2. The van der Waals surface area contributed by atoms with Crippen molar-refractivity contribution < 1.29 is 28.2 Å². The largest absolute Gasteiger partial charge is 0.496 e. The Kier molecular flexibility index (Phi) is 10.4. The van der Waals surface area contributed by atoms with E-state index in [1.165, 1.54) is 7.11 Å². The van der Waals surface area contributed by atoms with Gasteiger partial charge in [0.05, 0.1) is 17.8 Å². The molecule has 2 amide bonds. The highest BCUT2D eigenvalue weighted by Gasteiger charge is 2.35. The molecule has 0 spiro atoms. The summed E-state index contributed by atoms with van der Waals surface area (Å²) in [6.07, 6.45) is 2.64. The van der Waals surface area contributed by atoms with E-state index in [2.05, 4.69) is 22.5 Å². The van der Waals surface area contributed by atoms with Crippen molar-refractivity contribution >= 4 is 41.0 Å². The number of ether oxygens (including phenoxy) is 2. The maximum Gasteiger partial charge on any atom is 0.325 e. The molecule has 2 aliphatic rings. The van der Waals surface area contributed by atoms with Gasteiger partial charge in [-0.05, 0) is 75.6 Å². The van der Waals surface area contributed by atoms with Crippen molar-refractivity contribution in [2.45, 2.75) is 57.8 Å². The third-order valence-corrected chi connectivity index (χ3v) is 9.63. The van der Waals surface area contributed by atoms with Gasteiger partial charge in [0, 0.05) is 76.7 Å². The van der Waals surface area contributed by atoms with E-state index in [0.29, 0.717) is 57.9 Å². The molecule has 51 heavy (non-hydrogen) atoms. The van der Waals surface area contributed by atoms with Crippen LogP contribution < -0.4 is 15.4 Å². The van der Waals surface area contributed by atoms with Gasteiger partial charge < -0.3 is 25.0 Å². The van der Waals surface area contributed by atoms with Crippen LogP contribution in [0.5, 0.6) is 5.75 Å². The summed E-state index contributed by atoms with van der Waals surface area (Å²) in [7, 11) is 1.45. The van der Waals surface area contributed by atoms with E-state index in [9.17, 15) is 14.4 Å². The van der Waals surface area contributed by atoms with Crippen LogP contribution in [0.4, 0.5) is 4.39 Å². The van der Waals surface area contributed by atoms with Gasteiger partial charge in [-0.1, -0.05) is 47.5 Å². The zero-order valence-electron chi connectivity index (χ0n) is 28.7. The SMILES string of the molecule is [CH2]c1c(OC)cc(-c2ccccc2Cl)c(-c2ccnc(-c3ccc4c(c3)CN(CC(NC[C@@H]3CCC(=O)N3)C(=O)OC(C)(C)C)C4=O)c2Cl)c1F. The lowest BCUT2D eigenvalue weighted by Crippen LogP contribution is -2.51. The minimum atomic E-state index is -0.822. The van der Waals surface area contributed by atoms with Crippen LogP contribution in [0.3, 0.4) is 0 Å². The van der Waals surface area contributed by atoms with Crippen LogP contribution in [-0.4, -0.2) is 65.6 Å². The Labute approximate surface area is 306 Å². The molecular weight excluding hydrogens is 694 g/mol. The van der Waals surface area contributed by atoms with Gasteiger partial charge >= 0.3 is 5.97 Å². The minimum absolute atomic E-state index is 0.0287. The Morgan fingerprint density at radius 3 is 2.55 bits per heavy atom. The Morgan fingerprint density at radius 2 is 1.86 bits per heavy atom. The fraction of sp³-hybridized carbons (Fsp3) is 0.308. The number of hydrogen-bond acceptors (Lipinski definition) is 7. The van der Waals surface area contributed by atoms with E-state index in [4.69, 9.17) is 32.7 Å². The number of pyridine rings is 1. The lowest BCUT2D eigenvalue weighted by molar-refractivity contribution is -0.157. The molecule has 2 N–H and O–H groups in total. The van der Waals surface area contributed by atoms with Crippen LogP contribution in [0, 0.1) is 12.7 Å². The van der Waals surface area contributed by atoms with Crippen molar-refractivity contribution in [3.63, 3.8) is 0 Å². The second kappa shape index (κ2) is 14.6. The van der Waals surface area contributed by atoms with E-state index in [1.54, 1.807) is 74.3 Å². The van der Waals surface area contributed by atoms with Crippen LogP contribution >= 0.6 is 23.2 Å². The summed E-state index contributed by atoms with van der Waals surface area (Å²) in [5, 5.41) is 6.73. The fourth-order valence-electron chi connectivity index (χ4n) is 6.45. The first-order chi connectivity index (χ1) is 24.3. The van der Waals surface area contributed by atoms with Crippen LogP contribution in [0.1, 0.15) is 55.1 Å². The number of carbonyl (C=O) groups is 3. The highest BCUT2D eigenvalue weighted by Crippen LogP contribution is 2.46. The molecule has 1 saturated heterocycles. The van der Waals surface area contributed by atoms with Gasteiger partial charge in [-0.25, -0.2) is 4.39 Å². The second-order valence-corrected chi connectivity index (χ2v) is 14.4. The normalized spacial score (nSPS) is 16.2. The molecule has 1 aromatic heterocycles. The second-order valence-electron chi connectivity index (χ2n) is 13.6. The van der Waals surface area contributed by atoms with Gasteiger partial charge in [0.1, 0.15) is 23.2 Å². The number of carbonyl (C=O) groups excluding carboxylic acids is 3. The predicted octanol–water partition coefficient (Wildman–Crippen LogP) is 7.25. The highest BCUT2D eigenvalue weighted by atomic mass is 35.5. The van der Waals surface area contributed by atoms with Crippen LogP contribution in [0.15, 0.2) is 60.8 Å². The first-order valence-electron chi connectivity index (χ1n) is 16.6. The molecule has 0 saturated carbocycles. The molecule has 12 heteroatoms. The number of aromatic nitrogens is 1. The Bertz CT molecular complexity index is 2030. The summed E-state index contributed by atoms with van der Waals surface area (Å²) in [5.74, 6) is -1.10. The molecule has 3 aromatic carbocycles. The first kappa shape index (κ1) is 36.3. The van der Waals surface area contributed by atoms with Crippen molar-refractivity contribution in [3.05, 3.63) is 100 Å². The quantitative estimate of drug-likeness (QED) is 0.165. The number of nitrogens with one attached hydrogen (secondary N) is 2. The molecular formula is C39H38Cl2FN4O5. The van der Waals surface area contributed by atoms with Crippen LogP contribution in [-0.2, 0) is 20.9 Å². The fourth-order valence-corrected chi connectivity index (χ4v) is 7.00. The smallest absolute Gasteiger partial charge is 0.325 e. The average Bonchev–Trinajstić information content (AvgIpc) is 3.65. The van der Waals surface area contributed by atoms with E-state index in [-0.39, 0.29) is 52.8 Å². The summed E-state index contributed by atoms with van der Waals surface area (Å²) in [6.45, 7) is 9.90. The number of hydrogen-bond donors (Lipinski definition) is 2. The van der Waals surface area contributed by atoms with Crippen LogP contribution in [0.25, 0.3) is 33.5 Å². The van der Waals surface area contributed by atoms with Gasteiger partial charge in [-0.3, -0.25) is 19.4 Å². The van der Waals surface area contributed by atoms with Gasteiger partial charge in [-0.15, -0.1) is 0 Å². The Morgan fingerprint density at radius 1 is 1.10 bits per heavy atom. The molecule has 2 atom stereocenters. The minimum Gasteiger partial charge on any atom is -0.496 e. The van der Waals surface area contributed by atoms with Crippen LogP contribution in [0.2, 0.25) is 10.0 Å². The van der Waals surface area contributed by atoms with Crippen molar-refractivity contribution in [1.29, 1.82) is 0 Å². The van der Waals surface area contributed by atoms with E-state index in [0.717, 1.165) is 5.56 Å². The third-order valence-electron chi connectivity index (χ3n) is 8.92. The number of fused-ring (bicyclic) bond motifs is 1. The molecule has 4 aromatic rings. The maximum absolute atomic E-state index is 16.2. The van der Waals surface area contributed by atoms with Gasteiger partial charge in [0.15, 0.2) is 0 Å². The van der Waals surface area contributed by atoms with Gasteiger partial charge in [0.2, 0.25) is 5.91 Å². The topological polar surface area (TPSA) is 110 Å². The molecule has 0 bridgehead atoms. The molecule has 265 valence electrons. The Hall–Kier alpha value is -4.51. The number of nitrogens with zero attached hydrogens (tertiary/aromatic N) is 2. The number of methoxy groups -OCH3 is 1. The monoisotopic (exact) mass is 731 g/mol. The van der Waals surface area contributed by atoms with Crippen molar-refractivity contribution in [2.75, 3.05) is 20.2 Å². The number of esters is 1. The molecule has 1 radical (unpaired) electrons. The Balaban J connectivity index is 1.31. The molecule has 0 aliphatic carbocycles. The number of rotatable bonds is 10. The van der Waals surface area contributed by atoms with Crippen molar-refractivity contribution in [1.82, 2.24) is 20.5 Å². The molecule has 6 rings (SSSR count). The summed E-state index contributed by atoms with van der Waals surface area (Å²) >= 11 is 13.6. The summed E-state index contributed by atoms with van der Waals surface area (Å²) in [5.41, 5.74) is 3.19. The third kappa shape index (κ3) is 7.59. The van der Waals surface area contributed by atoms with Gasteiger partial charge in [-0.2, -0.15) is 0 Å².